The van der Waals surface area contributed by atoms with Crippen molar-refractivity contribution in [2.75, 3.05) is 24.7 Å². The Hall–Kier alpha value is 0.890. The van der Waals surface area contributed by atoms with Crippen molar-refractivity contribution in [3.8, 4) is 0 Å². The van der Waals surface area contributed by atoms with Gasteiger partial charge in [-0.05, 0) is 0 Å². The molecule has 0 amide bonds. The molecule has 0 aliphatic carbocycles. The molecule has 1 aromatic heterocycles. The van der Waals surface area contributed by atoms with Crippen molar-refractivity contribution in [3.05, 3.63) is 3.14 Å². The van der Waals surface area contributed by atoms with Crippen molar-refractivity contribution in [2.45, 2.75) is 8.42 Å². The Kier molecular flexibility index (Phi) is 6.67. The summed E-state index contributed by atoms with van der Waals surface area (Å²) in [6.07, 6.45) is 0. The van der Waals surface area contributed by atoms with Crippen LogP contribution in [0.3, 0.4) is 0 Å². The SMILES string of the molecule is OCCSc1sc(=S)sc1SCCO. The van der Waals surface area contributed by atoms with Gasteiger partial charge in [-0.25, -0.2) is 0 Å². The molecule has 2 nitrogen and oxygen atoms in total. The van der Waals surface area contributed by atoms with Gasteiger partial charge in [0.2, 0.25) is 0 Å². The molecule has 0 saturated heterocycles. The summed E-state index contributed by atoms with van der Waals surface area (Å²) in [5.74, 6) is 1.41. The Labute approximate surface area is 104 Å². The second-order valence-corrected chi connectivity index (χ2v) is 8.13. The summed E-state index contributed by atoms with van der Waals surface area (Å²) in [5, 5.41) is 17.4. The molecule has 0 aliphatic rings. The highest BCUT2D eigenvalue weighted by atomic mass is 32.2. The Morgan fingerprint density at radius 2 is 1.43 bits per heavy atom. The number of aliphatic hydroxyl groups is 2. The molecule has 0 fully saturated rings. The van der Waals surface area contributed by atoms with Crippen LogP contribution in [0.2, 0.25) is 0 Å². The summed E-state index contributed by atoms with van der Waals surface area (Å²) in [6, 6.07) is 0. The smallest absolute Gasteiger partial charge is 0.145 e. The molecule has 1 heterocycles. The van der Waals surface area contributed by atoms with Crippen LogP contribution in [0.25, 0.3) is 0 Å². The summed E-state index contributed by atoms with van der Waals surface area (Å²) >= 11 is 11.5. The quantitative estimate of drug-likeness (QED) is 0.621. The van der Waals surface area contributed by atoms with E-state index in [1.165, 1.54) is 8.42 Å². The Morgan fingerprint density at radius 1 is 1.00 bits per heavy atom. The van der Waals surface area contributed by atoms with E-state index in [4.69, 9.17) is 22.4 Å². The van der Waals surface area contributed by atoms with Crippen molar-refractivity contribution >= 4 is 58.4 Å². The molecule has 0 spiro atoms. The van der Waals surface area contributed by atoms with E-state index >= 15 is 0 Å². The zero-order chi connectivity index (χ0) is 10.4. The van der Waals surface area contributed by atoms with E-state index in [-0.39, 0.29) is 13.2 Å². The van der Waals surface area contributed by atoms with Gasteiger partial charge in [-0.2, -0.15) is 0 Å². The molecule has 14 heavy (non-hydrogen) atoms. The van der Waals surface area contributed by atoms with E-state index in [0.717, 1.165) is 3.14 Å². The molecule has 1 aromatic rings. The van der Waals surface area contributed by atoms with Gasteiger partial charge in [-0.3, -0.25) is 0 Å². The van der Waals surface area contributed by atoms with Gasteiger partial charge < -0.3 is 10.2 Å². The largest absolute Gasteiger partial charge is 0.396 e. The molecule has 80 valence electrons. The topological polar surface area (TPSA) is 40.5 Å². The lowest BCUT2D eigenvalue weighted by atomic mass is 10.9. The first-order valence-electron chi connectivity index (χ1n) is 3.89. The van der Waals surface area contributed by atoms with Crippen LogP contribution in [0.15, 0.2) is 8.42 Å². The zero-order valence-electron chi connectivity index (χ0n) is 7.26. The molecule has 1 rings (SSSR count). The first-order valence-corrected chi connectivity index (χ1v) is 7.90. The molecule has 0 unspecified atom stereocenters. The molecule has 2 N–H and O–H groups in total. The van der Waals surface area contributed by atoms with E-state index in [9.17, 15) is 0 Å². The van der Waals surface area contributed by atoms with Gasteiger partial charge in [0.1, 0.15) is 3.14 Å². The van der Waals surface area contributed by atoms with Crippen molar-refractivity contribution in [2.24, 2.45) is 0 Å². The lowest BCUT2D eigenvalue weighted by Gasteiger charge is -1.99. The third-order valence-electron chi connectivity index (χ3n) is 1.17. The van der Waals surface area contributed by atoms with Crippen LogP contribution in [-0.4, -0.2) is 34.9 Å². The van der Waals surface area contributed by atoms with E-state index in [1.807, 2.05) is 0 Å². The highest BCUT2D eigenvalue weighted by molar-refractivity contribution is 8.05. The highest BCUT2D eigenvalue weighted by Gasteiger charge is 2.07. The lowest BCUT2D eigenvalue weighted by molar-refractivity contribution is 0.322. The third-order valence-corrected chi connectivity index (χ3v) is 6.71. The predicted octanol–water partition coefficient (Wildman–Crippen LogP) is 2.71. The van der Waals surface area contributed by atoms with Crippen LogP contribution >= 0.6 is 58.4 Å². The van der Waals surface area contributed by atoms with Gasteiger partial charge >= 0.3 is 0 Å². The predicted molar refractivity (Wildman–Crippen MR) is 68.6 cm³/mol. The second-order valence-electron chi connectivity index (χ2n) is 2.17. The van der Waals surface area contributed by atoms with Crippen LogP contribution in [0.4, 0.5) is 0 Å². The van der Waals surface area contributed by atoms with Gasteiger partial charge in [-0.1, -0.05) is 12.2 Å². The summed E-state index contributed by atoms with van der Waals surface area (Å²) in [5.41, 5.74) is 0. The highest BCUT2D eigenvalue weighted by Crippen LogP contribution is 2.40. The summed E-state index contributed by atoms with van der Waals surface area (Å²) in [7, 11) is 0. The molecule has 0 aromatic carbocycles. The van der Waals surface area contributed by atoms with Crippen LogP contribution in [0.1, 0.15) is 0 Å². The van der Waals surface area contributed by atoms with E-state index in [1.54, 1.807) is 46.2 Å². The summed E-state index contributed by atoms with van der Waals surface area (Å²) in [6.45, 7) is 0.369. The van der Waals surface area contributed by atoms with Gasteiger partial charge in [0.15, 0.2) is 0 Å². The number of thioether (sulfide) groups is 2. The van der Waals surface area contributed by atoms with E-state index in [0.29, 0.717) is 11.5 Å². The number of rotatable bonds is 6. The normalized spacial score (nSPS) is 10.7. The van der Waals surface area contributed by atoms with Gasteiger partial charge in [0.25, 0.3) is 0 Å². The van der Waals surface area contributed by atoms with E-state index < -0.39 is 0 Å². The van der Waals surface area contributed by atoms with Crippen molar-refractivity contribution in [1.82, 2.24) is 0 Å². The maximum Gasteiger partial charge on any atom is 0.145 e. The van der Waals surface area contributed by atoms with Crippen LogP contribution < -0.4 is 0 Å². The minimum Gasteiger partial charge on any atom is -0.396 e. The second kappa shape index (κ2) is 7.21. The van der Waals surface area contributed by atoms with Crippen LogP contribution in [0, 0.1) is 3.14 Å². The van der Waals surface area contributed by atoms with Crippen LogP contribution in [0.5, 0.6) is 0 Å². The third kappa shape index (κ3) is 4.18. The molecular formula is C7H10O2S5. The first-order chi connectivity index (χ1) is 6.77. The lowest BCUT2D eigenvalue weighted by Crippen LogP contribution is -1.86. The molecule has 0 atom stereocenters. The average Bonchev–Trinajstić information content (AvgIpc) is 2.52. The molecule has 0 radical (unpaired) electrons. The van der Waals surface area contributed by atoms with Crippen molar-refractivity contribution in [1.29, 1.82) is 0 Å². The molecule has 7 heteroatoms. The number of hydrogen-bond acceptors (Lipinski definition) is 7. The van der Waals surface area contributed by atoms with Gasteiger partial charge in [-0.15, -0.1) is 46.2 Å². The minimum atomic E-state index is 0.185. The summed E-state index contributed by atoms with van der Waals surface area (Å²) < 4.78 is 3.26. The Morgan fingerprint density at radius 3 is 1.79 bits per heavy atom. The fourth-order valence-electron chi connectivity index (χ4n) is 0.709. The Bertz CT molecular complexity index is 290. The maximum absolute atomic E-state index is 8.72. The molecule has 0 aliphatic heterocycles. The fraction of sp³-hybridized carbons (Fsp3) is 0.571. The van der Waals surface area contributed by atoms with E-state index in [2.05, 4.69) is 0 Å². The average molecular weight is 286 g/mol. The van der Waals surface area contributed by atoms with Gasteiger partial charge in [0, 0.05) is 11.5 Å². The van der Waals surface area contributed by atoms with Crippen LogP contribution in [-0.2, 0) is 0 Å². The number of hydrogen-bond donors (Lipinski definition) is 2. The molecule has 0 bridgehead atoms. The molecule has 0 saturated carbocycles. The standard InChI is InChI=1S/C7H10O2S5/c8-1-3-11-5-6(12-4-2-9)14-7(10)13-5/h8-9H,1-4H2. The zero-order valence-corrected chi connectivity index (χ0v) is 11.3. The molecular weight excluding hydrogens is 276 g/mol. The summed E-state index contributed by atoms with van der Waals surface area (Å²) in [4.78, 5) is 0. The first kappa shape index (κ1) is 13.0. The fourth-order valence-corrected chi connectivity index (χ4v) is 6.45. The van der Waals surface area contributed by atoms with Crippen molar-refractivity contribution < 1.29 is 10.2 Å². The number of aliphatic hydroxyl groups excluding tert-OH is 2. The minimum absolute atomic E-state index is 0.185. The monoisotopic (exact) mass is 286 g/mol. The maximum atomic E-state index is 8.72. The van der Waals surface area contributed by atoms with Gasteiger partial charge in [0.05, 0.1) is 21.6 Å². The van der Waals surface area contributed by atoms with Crippen molar-refractivity contribution in [3.63, 3.8) is 0 Å². The Balaban J connectivity index is 2.64.